The van der Waals surface area contributed by atoms with Gasteiger partial charge in [-0.05, 0) is 60.5 Å². The lowest BCUT2D eigenvalue weighted by Gasteiger charge is -2.10. The number of hydrogen-bond donors (Lipinski definition) is 2. The molecule has 0 saturated carbocycles. The molecule has 0 bridgehead atoms. The van der Waals surface area contributed by atoms with Gasteiger partial charge in [0.15, 0.2) is 0 Å². The minimum Gasteiger partial charge on any atom is -0.457 e. The number of para-hydroxylation sites is 1. The van der Waals surface area contributed by atoms with Crippen LogP contribution in [0, 0.1) is 0 Å². The summed E-state index contributed by atoms with van der Waals surface area (Å²) in [5.41, 5.74) is 8.11. The van der Waals surface area contributed by atoms with E-state index in [1.807, 2.05) is 42.5 Å². The van der Waals surface area contributed by atoms with Crippen LogP contribution in [0.3, 0.4) is 0 Å². The molecule has 27 heavy (non-hydrogen) atoms. The highest BCUT2D eigenvalue weighted by Gasteiger charge is 2.09. The van der Waals surface area contributed by atoms with Crippen molar-refractivity contribution < 1.29 is 9.53 Å². The van der Waals surface area contributed by atoms with Crippen LogP contribution in [0.5, 0.6) is 11.5 Å². The Morgan fingerprint density at radius 1 is 0.963 bits per heavy atom. The second-order valence-electron chi connectivity index (χ2n) is 6.16. The number of halogens is 1. The predicted octanol–water partition coefficient (Wildman–Crippen LogP) is 4.56. The summed E-state index contributed by atoms with van der Waals surface area (Å²) in [7, 11) is 0. The lowest BCUT2D eigenvalue weighted by atomic mass is 10.1. The van der Waals surface area contributed by atoms with E-state index >= 15 is 0 Å². The van der Waals surface area contributed by atoms with Gasteiger partial charge < -0.3 is 15.8 Å². The highest BCUT2D eigenvalue weighted by Crippen LogP contribution is 2.25. The van der Waals surface area contributed by atoms with Gasteiger partial charge in [-0.3, -0.25) is 4.79 Å². The number of hydrogen-bond acceptors (Lipinski definition) is 3. The van der Waals surface area contributed by atoms with Crippen LogP contribution in [0.1, 0.15) is 21.5 Å². The molecular weight excluding hydrogens is 360 g/mol. The minimum atomic E-state index is -0.508. The number of primary amides is 1. The van der Waals surface area contributed by atoms with Crippen LogP contribution in [0.4, 0.5) is 0 Å². The van der Waals surface area contributed by atoms with Gasteiger partial charge in [0.1, 0.15) is 11.5 Å². The van der Waals surface area contributed by atoms with Gasteiger partial charge in [-0.1, -0.05) is 48.0 Å². The Kier molecular flexibility index (Phi) is 6.47. The van der Waals surface area contributed by atoms with E-state index < -0.39 is 5.91 Å². The van der Waals surface area contributed by atoms with Crippen molar-refractivity contribution in [3.8, 4) is 11.5 Å². The highest BCUT2D eigenvalue weighted by molar-refractivity contribution is 6.30. The average Bonchev–Trinajstić information content (AvgIpc) is 2.67. The molecule has 3 N–H and O–H groups in total. The third-order valence-electron chi connectivity index (χ3n) is 4.11. The first-order valence-corrected chi connectivity index (χ1v) is 9.10. The van der Waals surface area contributed by atoms with Gasteiger partial charge in [0, 0.05) is 11.6 Å². The summed E-state index contributed by atoms with van der Waals surface area (Å²) in [5.74, 6) is 0.606. The maximum Gasteiger partial charge on any atom is 0.252 e. The normalized spacial score (nSPS) is 10.6. The molecule has 0 atom stereocenters. The van der Waals surface area contributed by atoms with E-state index in [1.165, 1.54) is 5.56 Å². The molecule has 0 spiro atoms. The van der Waals surface area contributed by atoms with Gasteiger partial charge in [-0.25, -0.2) is 0 Å². The molecule has 4 nitrogen and oxygen atoms in total. The minimum absolute atomic E-state index is 0.365. The van der Waals surface area contributed by atoms with Crippen molar-refractivity contribution in [3.63, 3.8) is 0 Å². The molecule has 0 aromatic heterocycles. The Morgan fingerprint density at radius 3 is 2.48 bits per heavy atom. The summed E-state index contributed by atoms with van der Waals surface area (Å²) in [6, 6.07) is 22.6. The van der Waals surface area contributed by atoms with Crippen molar-refractivity contribution >= 4 is 17.5 Å². The summed E-state index contributed by atoms with van der Waals surface area (Å²) in [5, 5.41) is 4.18. The van der Waals surface area contributed by atoms with Gasteiger partial charge in [-0.15, -0.1) is 0 Å². The highest BCUT2D eigenvalue weighted by atomic mass is 35.5. The number of carbonyl (C=O) groups is 1. The average molecular weight is 381 g/mol. The molecule has 1 amide bonds. The number of ether oxygens (including phenoxy) is 1. The van der Waals surface area contributed by atoms with E-state index in [4.69, 9.17) is 22.1 Å². The molecule has 3 aromatic rings. The van der Waals surface area contributed by atoms with E-state index in [2.05, 4.69) is 11.4 Å². The number of nitrogens with one attached hydrogen (secondary N) is 1. The van der Waals surface area contributed by atoms with Crippen LogP contribution in [0.15, 0.2) is 72.8 Å². The van der Waals surface area contributed by atoms with Crippen LogP contribution in [0.25, 0.3) is 0 Å². The van der Waals surface area contributed by atoms with Gasteiger partial charge in [0.05, 0.1) is 5.56 Å². The topological polar surface area (TPSA) is 64.4 Å². The van der Waals surface area contributed by atoms with Crippen LogP contribution in [-0.4, -0.2) is 12.5 Å². The molecule has 0 heterocycles. The molecule has 0 unspecified atom stereocenters. The van der Waals surface area contributed by atoms with E-state index in [0.717, 1.165) is 30.1 Å². The number of benzene rings is 3. The summed E-state index contributed by atoms with van der Waals surface area (Å²) < 4.78 is 5.79. The summed E-state index contributed by atoms with van der Waals surface area (Å²) in [6.45, 7) is 1.63. The van der Waals surface area contributed by atoms with E-state index in [-0.39, 0.29) is 0 Å². The Morgan fingerprint density at radius 2 is 1.74 bits per heavy atom. The lowest BCUT2D eigenvalue weighted by molar-refractivity contribution is 0.0998. The standard InChI is InChI=1S/C22H21ClN2O2/c23-18-5-3-4-16(14-18)12-13-25-15-17-8-10-19(11-9-17)27-21-7-2-1-6-20(21)22(24)26/h1-11,14,25H,12-13,15H2,(H2,24,26). The van der Waals surface area contributed by atoms with Crippen LogP contribution >= 0.6 is 11.6 Å². The van der Waals surface area contributed by atoms with Crippen molar-refractivity contribution in [2.24, 2.45) is 5.73 Å². The third kappa shape index (κ3) is 5.58. The van der Waals surface area contributed by atoms with Crippen molar-refractivity contribution in [2.75, 3.05) is 6.54 Å². The van der Waals surface area contributed by atoms with Gasteiger partial charge >= 0.3 is 0 Å². The maximum atomic E-state index is 11.5. The Labute approximate surface area is 163 Å². The number of nitrogens with two attached hydrogens (primary N) is 1. The first-order valence-electron chi connectivity index (χ1n) is 8.72. The first kappa shape index (κ1) is 19.0. The molecule has 0 fully saturated rings. The summed E-state index contributed by atoms with van der Waals surface area (Å²) >= 11 is 6.00. The van der Waals surface area contributed by atoms with Gasteiger partial charge in [0.25, 0.3) is 5.91 Å². The van der Waals surface area contributed by atoms with E-state index in [0.29, 0.717) is 17.1 Å². The molecule has 3 rings (SSSR count). The zero-order valence-corrected chi connectivity index (χ0v) is 15.6. The van der Waals surface area contributed by atoms with E-state index in [1.54, 1.807) is 24.3 Å². The number of carbonyl (C=O) groups excluding carboxylic acids is 1. The van der Waals surface area contributed by atoms with Crippen molar-refractivity contribution in [1.29, 1.82) is 0 Å². The quantitative estimate of drug-likeness (QED) is 0.563. The monoisotopic (exact) mass is 380 g/mol. The maximum absolute atomic E-state index is 11.5. The Hall–Kier alpha value is -2.82. The second kappa shape index (κ2) is 9.21. The molecule has 0 aliphatic rings. The SMILES string of the molecule is NC(=O)c1ccccc1Oc1ccc(CNCCc2cccc(Cl)c2)cc1. The predicted molar refractivity (Wildman–Crippen MR) is 108 cm³/mol. The fraction of sp³-hybridized carbons (Fsp3) is 0.136. The van der Waals surface area contributed by atoms with Crippen molar-refractivity contribution in [2.45, 2.75) is 13.0 Å². The molecule has 0 saturated heterocycles. The smallest absolute Gasteiger partial charge is 0.252 e. The van der Waals surface area contributed by atoms with Gasteiger partial charge in [0.2, 0.25) is 0 Å². The number of rotatable bonds is 8. The van der Waals surface area contributed by atoms with Crippen LogP contribution in [-0.2, 0) is 13.0 Å². The molecule has 0 radical (unpaired) electrons. The fourth-order valence-corrected chi connectivity index (χ4v) is 2.93. The first-order chi connectivity index (χ1) is 13.1. The molecule has 0 aliphatic carbocycles. The molecule has 3 aromatic carbocycles. The molecule has 138 valence electrons. The lowest BCUT2D eigenvalue weighted by Crippen LogP contribution is -2.16. The zero-order chi connectivity index (χ0) is 19.1. The fourth-order valence-electron chi connectivity index (χ4n) is 2.72. The van der Waals surface area contributed by atoms with Crippen molar-refractivity contribution in [1.82, 2.24) is 5.32 Å². The number of amides is 1. The van der Waals surface area contributed by atoms with E-state index in [9.17, 15) is 4.79 Å². The second-order valence-corrected chi connectivity index (χ2v) is 6.60. The molecular formula is C22H21ClN2O2. The van der Waals surface area contributed by atoms with Crippen LogP contribution < -0.4 is 15.8 Å². The molecule has 5 heteroatoms. The van der Waals surface area contributed by atoms with Crippen LogP contribution in [0.2, 0.25) is 5.02 Å². The largest absolute Gasteiger partial charge is 0.457 e. The Bertz CT molecular complexity index is 910. The summed E-state index contributed by atoms with van der Waals surface area (Å²) in [4.78, 5) is 11.5. The molecule has 0 aliphatic heterocycles. The zero-order valence-electron chi connectivity index (χ0n) is 14.8. The van der Waals surface area contributed by atoms with Crippen molar-refractivity contribution in [3.05, 3.63) is 94.5 Å². The van der Waals surface area contributed by atoms with Gasteiger partial charge in [-0.2, -0.15) is 0 Å². The summed E-state index contributed by atoms with van der Waals surface area (Å²) in [6.07, 6.45) is 0.922. The Balaban J connectivity index is 1.51. The third-order valence-corrected chi connectivity index (χ3v) is 4.35.